The van der Waals surface area contributed by atoms with Crippen molar-refractivity contribution in [2.75, 3.05) is 32.4 Å². The normalized spacial score (nSPS) is 10.5. The second-order valence-corrected chi connectivity index (χ2v) is 9.04. The standard InChI is InChI=1S/C22H26N4O4S2/c1-13-7-6-8-16(14(13)2)24-21-25-26-22(32-21)31-12-19(27)23-11-15-9-17(28-3)20(30-5)18(10-15)29-4/h6-10H,11-12H2,1-5H3,(H,23,27)(H,24,25). The number of aryl methyl sites for hydroxylation is 1. The van der Waals surface area contributed by atoms with Crippen LogP contribution in [0.4, 0.5) is 10.8 Å². The van der Waals surface area contributed by atoms with Gasteiger partial charge in [0.2, 0.25) is 16.8 Å². The van der Waals surface area contributed by atoms with Crippen molar-refractivity contribution in [3.8, 4) is 17.2 Å². The number of rotatable bonds is 10. The van der Waals surface area contributed by atoms with E-state index in [-0.39, 0.29) is 11.7 Å². The number of nitrogens with one attached hydrogen (secondary N) is 2. The first-order valence-corrected chi connectivity index (χ1v) is 11.6. The SMILES string of the molecule is COc1cc(CNC(=O)CSc2nnc(Nc3cccc(C)c3C)s2)cc(OC)c1OC. The topological polar surface area (TPSA) is 94.6 Å². The minimum Gasteiger partial charge on any atom is -0.493 e. The Labute approximate surface area is 195 Å². The first-order chi connectivity index (χ1) is 15.4. The average molecular weight is 475 g/mol. The zero-order valence-electron chi connectivity index (χ0n) is 18.6. The Bertz CT molecular complexity index is 1060. The molecule has 1 heterocycles. The first-order valence-electron chi connectivity index (χ1n) is 9.80. The molecule has 0 fully saturated rings. The van der Waals surface area contributed by atoms with Crippen LogP contribution in [0.25, 0.3) is 0 Å². The molecular weight excluding hydrogens is 448 g/mol. The van der Waals surface area contributed by atoms with Crippen molar-refractivity contribution in [2.45, 2.75) is 24.7 Å². The van der Waals surface area contributed by atoms with E-state index < -0.39 is 0 Å². The highest BCUT2D eigenvalue weighted by atomic mass is 32.2. The molecule has 0 aliphatic carbocycles. The largest absolute Gasteiger partial charge is 0.493 e. The summed E-state index contributed by atoms with van der Waals surface area (Å²) in [6, 6.07) is 9.70. The number of nitrogens with zero attached hydrogens (tertiary/aromatic N) is 2. The van der Waals surface area contributed by atoms with Crippen LogP contribution >= 0.6 is 23.1 Å². The van der Waals surface area contributed by atoms with Gasteiger partial charge in [-0.2, -0.15) is 0 Å². The maximum absolute atomic E-state index is 12.3. The number of benzene rings is 2. The highest BCUT2D eigenvalue weighted by Gasteiger charge is 2.14. The van der Waals surface area contributed by atoms with E-state index in [1.165, 1.54) is 34.2 Å². The van der Waals surface area contributed by atoms with Crippen molar-refractivity contribution < 1.29 is 19.0 Å². The van der Waals surface area contributed by atoms with Crippen LogP contribution in [0, 0.1) is 13.8 Å². The summed E-state index contributed by atoms with van der Waals surface area (Å²) < 4.78 is 16.7. The van der Waals surface area contributed by atoms with Crippen LogP contribution < -0.4 is 24.8 Å². The van der Waals surface area contributed by atoms with E-state index in [9.17, 15) is 4.79 Å². The molecule has 2 aromatic carbocycles. The Morgan fingerprint density at radius 2 is 1.78 bits per heavy atom. The van der Waals surface area contributed by atoms with Gasteiger partial charge < -0.3 is 24.8 Å². The molecule has 1 aromatic heterocycles. The van der Waals surface area contributed by atoms with E-state index in [1.807, 2.05) is 24.3 Å². The number of anilines is 2. The van der Waals surface area contributed by atoms with Crippen LogP contribution in [0.3, 0.4) is 0 Å². The molecule has 0 unspecified atom stereocenters. The number of hydrogen-bond donors (Lipinski definition) is 2. The Hall–Kier alpha value is -2.98. The van der Waals surface area contributed by atoms with Crippen LogP contribution in [-0.2, 0) is 11.3 Å². The van der Waals surface area contributed by atoms with Gasteiger partial charge in [-0.15, -0.1) is 10.2 Å². The Morgan fingerprint density at radius 1 is 1.06 bits per heavy atom. The number of aromatic nitrogens is 2. The van der Waals surface area contributed by atoms with Crippen LogP contribution in [0.5, 0.6) is 17.2 Å². The Morgan fingerprint density at radius 3 is 2.44 bits per heavy atom. The molecule has 2 N–H and O–H groups in total. The summed E-state index contributed by atoms with van der Waals surface area (Å²) >= 11 is 2.76. The van der Waals surface area contributed by atoms with Gasteiger partial charge in [0.1, 0.15) is 0 Å². The maximum atomic E-state index is 12.3. The zero-order valence-corrected chi connectivity index (χ0v) is 20.3. The molecule has 0 aliphatic heterocycles. The van der Waals surface area contributed by atoms with Crippen molar-refractivity contribution in [1.82, 2.24) is 15.5 Å². The van der Waals surface area contributed by atoms with Gasteiger partial charge >= 0.3 is 0 Å². The van der Waals surface area contributed by atoms with Gasteiger partial charge in [-0.3, -0.25) is 4.79 Å². The van der Waals surface area contributed by atoms with Crippen molar-refractivity contribution in [2.24, 2.45) is 0 Å². The Balaban J connectivity index is 1.53. The van der Waals surface area contributed by atoms with Gasteiger partial charge in [-0.1, -0.05) is 35.2 Å². The summed E-state index contributed by atoms with van der Waals surface area (Å²) in [4.78, 5) is 12.3. The highest BCUT2D eigenvalue weighted by Crippen LogP contribution is 2.38. The molecule has 170 valence electrons. The van der Waals surface area contributed by atoms with Crippen LogP contribution in [0.15, 0.2) is 34.7 Å². The third-order valence-electron chi connectivity index (χ3n) is 4.79. The fraction of sp³-hybridized carbons (Fsp3) is 0.318. The number of carbonyl (C=O) groups excluding carboxylic acids is 1. The van der Waals surface area contributed by atoms with Gasteiger partial charge in [0.25, 0.3) is 0 Å². The second kappa shape index (κ2) is 11.1. The molecule has 1 amide bonds. The molecular formula is C22H26N4O4S2. The van der Waals surface area contributed by atoms with E-state index in [0.29, 0.717) is 28.9 Å². The van der Waals surface area contributed by atoms with Gasteiger partial charge in [0, 0.05) is 12.2 Å². The van der Waals surface area contributed by atoms with Gasteiger partial charge in [0.05, 0.1) is 27.1 Å². The van der Waals surface area contributed by atoms with E-state index in [4.69, 9.17) is 14.2 Å². The summed E-state index contributed by atoms with van der Waals surface area (Å²) in [5, 5.41) is 15.2. The van der Waals surface area contributed by atoms with Crippen LogP contribution in [-0.4, -0.2) is 43.2 Å². The predicted molar refractivity (Wildman–Crippen MR) is 128 cm³/mol. The molecule has 0 spiro atoms. The molecule has 0 saturated carbocycles. The quantitative estimate of drug-likeness (QED) is 0.419. The van der Waals surface area contributed by atoms with Crippen molar-refractivity contribution >= 4 is 39.8 Å². The highest BCUT2D eigenvalue weighted by molar-refractivity contribution is 8.01. The fourth-order valence-corrected chi connectivity index (χ4v) is 4.53. The van der Waals surface area contributed by atoms with Crippen LogP contribution in [0.1, 0.15) is 16.7 Å². The number of ether oxygens (including phenoxy) is 3. The van der Waals surface area contributed by atoms with E-state index in [0.717, 1.165) is 15.6 Å². The summed E-state index contributed by atoms with van der Waals surface area (Å²) in [6.45, 7) is 4.47. The maximum Gasteiger partial charge on any atom is 0.230 e. The smallest absolute Gasteiger partial charge is 0.230 e. The molecule has 3 rings (SSSR count). The van der Waals surface area contributed by atoms with Crippen LogP contribution in [0.2, 0.25) is 0 Å². The molecule has 0 atom stereocenters. The third kappa shape index (κ3) is 5.83. The number of methoxy groups -OCH3 is 3. The van der Waals surface area contributed by atoms with E-state index in [2.05, 4.69) is 40.7 Å². The second-order valence-electron chi connectivity index (χ2n) is 6.84. The average Bonchev–Trinajstić information content (AvgIpc) is 3.25. The molecule has 0 aliphatic rings. The van der Waals surface area contributed by atoms with Gasteiger partial charge in [-0.25, -0.2) is 0 Å². The molecule has 0 radical (unpaired) electrons. The molecule has 0 saturated heterocycles. The summed E-state index contributed by atoms with van der Waals surface area (Å²) in [5.41, 5.74) is 4.22. The predicted octanol–water partition coefficient (Wildman–Crippen LogP) is 4.33. The molecule has 10 heteroatoms. The van der Waals surface area contributed by atoms with Gasteiger partial charge in [-0.05, 0) is 48.7 Å². The lowest BCUT2D eigenvalue weighted by Gasteiger charge is -2.14. The van der Waals surface area contributed by atoms with E-state index in [1.54, 1.807) is 21.3 Å². The Kier molecular flexibility index (Phi) is 8.18. The summed E-state index contributed by atoms with van der Waals surface area (Å²) in [5.74, 6) is 1.74. The number of thioether (sulfide) groups is 1. The minimum absolute atomic E-state index is 0.108. The fourth-order valence-electron chi connectivity index (χ4n) is 2.94. The van der Waals surface area contributed by atoms with Crippen molar-refractivity contribution in [3.05, 3.63) is 47.0 Å². The third-order valence-corrected chi connectivity index (χ3v) is 6.77. The minimum atomic E-state index is -0.108. The first kappa shape index (κ1) is 23.7. The van der Waals surface area contributed by atoms with Crippen molar-refractivity contribution in [3.63, 3.8) is 0 Å². The molecule has 3 aromatic rings. The summed E-state index contributed by atoms with van der Waals surface area (Å²) in [6.07, 6.45) is 0. The number of carbonyl (C=O) groups is 1. The lowest BCUT2D eigenvalue weighted by atomic mass is 10.1. The van der Waals surface area contributed by atoms with Crippen molar-refractivity contribution in [1.29, 1.82) is 0 Å². The van der Waals surface area contributed by atoms with Gasteiger partial charge in [0.15, 0.2) is 15.8 Å². The summed E-state index contributed by atoms with van der Waals surface area (Å²) in [7, 11) is 4.67. The van der Waals surface area contributed by atoms with E-state index >= 15 is 0 Å². The number of amides is 1. The molecule has 8 nitrogen and oxygen atoms in total. The number of hydrogen-bond acceptors (Lipinski definition) is 9. The zero-order chi connectivity index (χ0) is 23.1. The molecule has 32 heavy (non-hydrogen) atoms. The monoisotopic (exact) mass is 474 g/mol. The lowest BCUT2D eigenvalue weighted by molar-refractivity contribution is -0.118. The molecule has 0 bridgehead atoms. The lowest BCUT2D eigenvalue weighted by Crippen LogP contribution is -2.24.